The summed E-state index contributed by atoms with van der Waals surface area (Å²) in [6.07, 6.45) is 0. The van der Waals surface area contributed by atoms with Crippen molar-refractivity contribution in [1.29, 1.82) is 0 Å². The van der Waals surface area contributed by atoms with Gasteiger partial charge in [-0.3, -0.25) is 0 Å². The van der Waals surface area contributed by atoms with Gasteiger partial charge in [0.2, 0.25) is 0 Å². The Morgan fingerprint density at radius 2 is 2.06 bits per heavy atom. The first kappa shape index (κ1) is 11.9. The van der Waals surface area contributed by atoms with Crippen LogP contribution in [-0.4, -0.2) is 27.2 Å². The van der Waals surface area contributed by atoms with Gasteiger partial charge in [-0.1, -0.05) is 6.58 Å². The van der Waals surface area contributed by atoms with Crippen molar-refractivity contribution in [2.75, 3.05) is 12.9 Å². The van der Waals surface area contributed by atoms with Gasteiger partial charge in [-0.2, -0.15) is 0 Å². The molecular formula is C12H12O4S. The molecule has 0 N–H and O–H groups in total. The Labute approximate surface area is 99.8 Å². The molecule has 0 fully saturated rings. The van der Waals surface area contributed by atoms with E-state index in [1.54, 1.807) is 13.0 Å². The number of benzene rings is 1. The number of rotatable bonds is 1. The Hall–Kier alpha value is -1.62. The molecule has 5 heteroatoms. The van der Waals surface area contributed by atoms with Crippen LogP contribution in [0.4, 0.5) is 0 Å². The first-order chi connectivity index (χ1) is 7.86. The SMILES string of the molecule is C=C1CS(=O)(=O)c2cc(C(=O)OC)c(C)cc21. The molecule has 0 amide bonds. The van der Waals surface area contributed by atoms with Gasteiger partial charge in [0.05, 0.1) is 23.3 Å². The monoisotopic (exact) mass is 252 g/mol. The summed E-state index contributed by atoms with van der Waals surface area (Å²) in [5.74, 6) is -0.607. The number of ether oxygens (including phenoxy) is 1. The molecule has 0 bridgehead atoms. The molecule has 0 saturated carbocycles. The molecule has 1 aromatic carbocycles. The number of carbonyl (C=O) groups is 1. The molecule has 4 nitrogen and oxygen atoms in total. The van der Waals surface area contributed by atoms with Crippen LogP contribution in [0.3, 0.4) is 0 Å². The molecule has 1 aromatic rings. The molecule has 0 atom stereocenters. The van der Waals surface area contributed by atoms with Crippen molar-refractivity contribution in [2.24, 2.45) is 0 Å². The maximum atomic E-state index is 11.8. The lowest BCUT2D eigenvalue weighted by Gasteiger charge is -2.06. The van der Waals surface area contributed by atoms with Gasteiger partial charge in [0.1, 0.15) is 0 Å². The van der Waals surface area contributed by atoms with E-state index in [0.29, 0.717) is 16.7 Å². The highest BCUT2D eigenvalue weighted by Gasteiger charge is 2.31. The molecule has 1 aliphatic rings. The van der Waals surface area contributed by atoms with Crippen molar-refractivity contribution in [3.05, 3.63) is 35.4 Å². The molecule has 1 heterocycles. The highest BCUT2D eigenvalue weighted by Crippen LogP contribution is 2.35. The summed E-state index contributed by atoms with van der Waals surface area (Å²) in [6, 6.07) is 3.05. The van der Waals surface area contributed by atoms with Gasteiger partial charge in [-0.25, -0.2) is 13.2 Å². The predicted octanol–water partition coefficient (Wildman–Crippen LogP) is 1.58. The second-order valence-electron chi connectivity index (χ2n) is 4.02. The van der Waals surface area contributed by atoms with Gasteiger partial charge in [-0.15, -0.1) is 0 Å². The molecular weight excluding hydrogens is 240 g/mol. The molecule has 0 aliphatic carbocycles. The third kappa shape index (κ3) is 1.76. The summed E-state index contributed by atoms with van der Waals surface area (Å²) in [5.41, 5.74) is 2.15. The van der Waals surface area contributed by atoms with Crippen LogP contribution in [0.15, 0.2) is 23.6 Å². The van der Waals surface area contributed by atoms with Crippen LogP contribution in [0.2, 0.25) is 0 Å². The van der Waals surface area contributed by atoms with Gasteiger partial charge in [-0.05, 0) is 35.8 Å². The smallest absolute Gasteiger partial charge is 0.338 e. The molecule has 0 aromatic heterocycles. The summed E-state index contributed by atoms with van der Waals surface area (Å²) in [6.45, 7) is 5.47. The zero-order chi connectivity index (χ0) is 12.8. The Kier molecular flexibility index (Phi) is 2.58. The highest BCUT2D eigenvalue weighted by atomic mass is 32.2. The van der Waals surface area contributed by atoms with Crippen LogP contribution in [0.1, 0.15) is 21.5 Å². The first-order valence-electron chi connectivity index (χ1n) is 5.00. The molecule has 17 heavy (non-hydrogen) atoms. The van der Waals surface area contributed by atoms with Gasteiger partial charge in [0.15, 0.2) is 9.84 Å². The number of sulfone groups is 1. The Morgan fingerprint density at radius 3 is 2.65 bits per heavy atom. The molecule has 0 spiro atoms. The van der Waals surface area contributed by atoms with E-state index >= 15 is 0 Å². The number of hydrogen-bond acceptors (Lipinski definition) is 4. The zero-order valence-electron chi connectivity index (χ0n) is 9.61. The number of hydrogen-bond donors (Lipinski definition) is 0. The third-order valence-electron chi connectivity index (χ3n) is 2.81. The van der Waals surface area contributed by atoms with Crippen LogP contribution in [-0.2, 0) is 14.6 Å². The molecule has 90 valence electrons. The first-order valence-corrected chi connectivity index (χ1v) is 6.66. The standard InChI is InChI=1S/C12H12O4S/c1-7-4-9-8(2)6-17(14,15)11(9)5-10(7)12(13)16-3/h4-5H,2,6H2,1,3H3. The van der Waals surface area contributed by atoms with E-state index in [2.05, 4.69) is 11.3 Å². The number of fused-ring (bicyclic) bond motifs is 1. The van der Waals surface area contributed by atoms with Gasteiger partial charge in [0.25, 0.3) is 0 Å². The zero-order valence-corrected chi connectivity index (χ0v) is 10.4. The quantitative estimate of drug-likeness (QED) is 0.712. The minimum atomic E-state index is -3.34. The van der Waals surface area contributed by atoms with E-state index in [1.807, 2.05) is 0 Å². The number of methoxy groups -OCH3 is 1. The van der Waals surface area contributed by atoms with Crippen LogP contribution in [0.5, 0.6) is 0 Å². The van der Waals surface area contributed by atoms with Crippen molar-refractivity contribution < 1.29 is 17.9 Å². The van der Waals surface area contributed by atoms with Gasteiger partial charge < -0.3 is 4.74 Å². The molecule has 2 rings (SSSR count). The van der Waals surface area contributed by atoms with E-state index in [1.165, 1.54) is 13.2 Å². The lowest BCUT2D eigenvalue weighted by Crippen LogP contribution is -2.06. The van der Waals surface area contributed by atoms with Gasteiger partial charge >= 0.3 is 5.97 Å². The van der Waals surface area contributed by atoms with E-state index in [9.17, 15) is 13.2 Å². The van der Waals surface area contributed by atoms with Crippen molar-refractivity contribution in [2.45, 2.75) is 11.8 Å². The van der Waals surface area contributed by atoms with E-state index in [0.717, 1.165) is 0 Å². The van der Waals surface area contributed by atoms with Crippen molar-refractivity contribution >= 4 is 21.4 Å². The minimum absolute atomic E-state index is 0.0770. The summed E-state index contributed by atoms with van der Waals surface area (Å²) in [5, 5.41) is 0. The summed E-state index contributed by atoms with van der Waals surface area (Å²) in [7, 11) is -2.08. The van der Waals surface area contributed by atoms with Crippen LogP contribution in [0, 0.1) is 6.92 Å². The normalized spacial score (nSPS) is 16.7. The molecule has 0 saturated heterocycles. The summed E-state index contributed by atoms with van der Waals surface area (Å²) < 4.78 is 28.3. The second kappa shape index (κ2) is 3.70. The summed E-state index contributed by atoms with van der Waals surface area (Å²) >= 11 is 0. The third-order valence-corrected chi connectivity index (χ3v) is 4.55. The fourth-order valence-electron chi connectivity index (χ4n) is 1.94. The topological polar surface area (TPSA) is 60.4 Å². The van der Waals surface area contributed by atoms with Crippen LogP contribution in [0.25, 0.3) is 5.57 Å². The molecule has 0 unspecified atom stereocenters. The largest absolute Gasteiger partial charge is 0.465 e. The minimum Gasteiger partial charge on any atom is -0.465 e. The number of esters is 1. The Balaban J connectivity index is 2.73. The van der Waals surface area contributed by atoms with E-state index < -0.39 is 15.8 Å². The average molecular weight is 252 g/mol. The fourth-order valence-corrected chi connectivity index (χ4v) is 3.54. The fraction of sp³-hybridized carbons (Fsp3) is 0.250. The van der Waals surface area contributed by atoms with Gasteiger partial charge in [0, 0.05) is 0 Å². The van der Waals surface area contributed by atoms with Crippen molar-refractivity contribution in [1.82, 2.24) is 0 Å². The lowest BCUT2D eigenvalue weighted by atomic mass is 10.0. The Bertz CT molecular complexity index is 626. The van der Waals surface area contributed by atoms with E-state index in [-0.39, 0.29) is 16.2 Å². The van der Waals surface area contributed by atoms with Crippen molar-refractivity contribution in [3.63, 3.8) is 0 Å². The Morgan fingerprint density at radius 1 is 1.41 bits per heavy atom. The summed E-state index contributed by atoms with van der Waals surface area (Å²) in [4.78, 5) is 11.7. The number of carbonyl (C=O) groups excluding carboxylic acids is 1. The van der Waals surface area contributed by atoms with Crippen LogP contribution >= 0.6 is 0 Å². The maximum Gasteiger partial charge on any atom is 0.338 e. The predicted molar refractivity (Wildman–Crippen MR) is 63.6 cm³/mol. The van der Waals surface area contributed by atoms with Crippen molar-refractivity contribution in [3.8, 4) is 0 Å². The van der Waals surface area contributed by atoms with E-state index in [4.69, 9.17) is 0 Å². The number of aryl methyl sites for hydroxylation is 1. The van der Waals surface area contributed by atoms with Crippen LogP contribution < -0.4 is 0 Å². The average Bonchev–Trinajstić information content (AvgIpc) is 2.47. The maximum absolute atomic E-state index is 11.8. The molecule has 1 aliphatic heterocycles. The molecule has 0 radical (unpaired) electrons. The second-order valence-corrected chi connectivity index (χ2v) is 5.98. The lowest BCUT2D eigenvalue weighted by molar-refractivity contribution is 0.0599. The highest BCUT2D eigenvalue weighted by molar-refractivity contribution is 7.92.